The summed E-state index contributed by atoms with van der Waals surface area (Å²) in [4.78, 5) is 17.4. The average molecular weight is 470 g/mol. The Hall–Kier alpha value is -3.91. The van der Waals surface area contributed by atoms with Gasteiger partial charge in [-0.05, 0) is 50.2 Å². The minimum absolute atomic E-state index is 0.0894. The average Bonchev–Trinajstić information content (AvgIpc) is 3.27. The number of methoxy groups -OCH3 is 1. The molecule has 5 rings (SSSR count). The van der Waals surface area contributed by atoms with Crippen molar-refractivity contribution in [3.63, 3.8) is 0 Å². The second kappa shape index (κ2) is 9.15. The van der Waals surface area contributed by atoms with Gasteiger partial charge in [0.2, 0.25) is 0 Å². The number of hydrogen-bond donors (Lipinski definition) is 0. The van der Waals surface area contributed by atoms with Crippen LogP contribution in [0.25, 0.3) is 22.7 Å². The third-order valence-electron chi connectivity index (χ3n) is 5.56. The van der Waals surface area contributed by atoms with Crippen molar-refractivity contribution in [3.8, 4) is 22.8 Å². The lowest BCUT2D eigenvalue weighted by molar-refractivity contribution is 0.416. The number of ether oxygens (including phenoxy) is 1. The van der Waals surface area contributed by atoms with Gasteiger partial charge >= 0.3 is 0 Å². The van der Waals surface area contributed by atoms with Crippen LogP contribution in [0.5, 0.6) is 5.75 Å². The van der Waals surface area contributed by atoms with Gasteiger partial charge in [0, 0.05) is 23.2 Å². The molecule has 0 aliphatic carbocycles. The van der Waals surface area contributed by atoms with E-state index in [2.05, 4.69) is 34.2 Å². The van der Waals surface area contributed by atoms with Gasteiger partial charge in [-0.15, -0.1) is 10.2 Å². The highest BCUT2D eigenvalue weighted by molar-refractivity contribution is 7.98. The number of para-hydroxylation sites is 1. The SMILES string of the molecule is COc1ccccc1-c1nnc(SCc2cc(=O)n3c(C)cccc3n2)n1-c1ccc(C)cc1. The predicted octanol–water partition coefficient (Wildman–Crippen LogP) is 4.86. The van der Waals surface area contributed by atoms with Crippen LogP contribution in [0.2, 0.25) is 0 Å². The lowest BCUT2D eigenvalue weighted by Crippen LogP contribution is -2.17. The highest BCUT2D eigenvalue weighted by Gasteiger charge is 2.19. The largest absolute Gasteiger partial charge is 0.496 e. The number of thioether (sulfide) groups is 1. The summed E-state index contributed by atoms with van der Waals surface area (Å²) in [6.07, 6.45) is 0. The second-order valence-corrected chi connectivity index (χ2v) is 8.86. The van der Waals surface area contributed by atoms with E-state index in [1.807, 2.05) is 66.1 Å². The number of hydrogen-bond acceptors (Lipinski definition) is 6. The van der Waals surface area contributed by atoms with Gasteiger partial charge < -0.3 is 4.74 Å². The highest BCUT2D eigenvalue weighted by atomic mass is 32.2. The Bertz CT molecular complexity index is 1540. The zero-order chi connectivity index (χ0) is 23.7. The highest BCUT2D eigenvalue weighted by Crippen LogP contribution is 2.34. The summed E-state index contributed by atoms with van der Waals surface area (Å²) in [5.74, 6) is 1.89. The minimum atomic E-state index is -0.0894. The van der Waals surface area contributed by atoms with Crippen LogP contribution in [0.3, 0.4) is 0 Å². The van der Waals surface area contributed by atoms with Crippen molar-refractivity contribution >= 4 is 17.4 Å². The molecule has 0 unspecified atom stereocenters. The summed E-state index contributed by atoms with van der Waals surface area (Å²) in [6.45, 7) is 3.95. The summed E-state index contributed by atoms with van der Waals surface area (Å²) in [5, 5.41) is 9.71. The standard InChI is InChI=1S/C26H23N5O2S/c1-17-11-13-20(14-12-17)31-25(21-8-4-5-9-22(21)33-3)28-29-26(31)34-16-19-15-24(32)30-18(2)7-6-10-23(30)27-19/h4-15H,16H2,1-3H3. The van der Waals surface area contributed by atoms with Crippen LogP contribution in [0.1, 0.15) is 17.0 Å². The van der Waals surface area contributed by atoms with Crippen molar-refractivity contribution < 1.29 is 4.74 Å². The smallest absolute Gasteiger partial charge is 0.258 e. The predicted molar refractivity (Wildman–Crippen MR) is 134 cm³/mol. The Kier molecular flexibility index (Phi) is 5.90. The zero-order valence-corrected chi connectivity index (χ0v) is 19.9. The fraction of sp³-hybridized carbons (Fsp3) is 0.154. The third kappa shape index (κ3) is 4.08. The summed E-state index contributed by atoms with van der Waals surface area (Å²) in [5.41, 5.74) is 5.06. The Morgan fingerprint density at radius 3 is 2.53 bits per heavy atom. The van der Waals surface area contributed by atoms with E-state index in [1.165, 1.54) is 17.3 Å². The molecule has 3 heterocycles. The molecule has 3 aromatic heterocycles. The molecule has 0 saturated heterocycles. The molecule has 0 radical (unpaired) electrons. The number of nitrogens with zero attached hydrogens (tertiary/aromatic N) is 5. The van der Waals surface area contributed by atoms with Crippen LogP contribution in [0.4, 0.5) is 0 Å². The molecule has 5 aromatic rings. The molecule has 34 heavy (non-hydrogen) atoms. The lowest BCUT2D eigenvalue weighted by Gasteiger charge is -2.13. The molecule has 0 N–H and O–H groups in total. The first-order chi connectivity index (χ1) is 16.5. The maximum absolute atomic E-state index is 12.7. The van der Waals surface area contributed by atoms with Crippen molar-refractivity contribution in [1.82, 2.24) is 24.1 Å². The molecule has 170 valence electrons. The fourth-order valence-electron chi connectivity index (χ4n) is 3.87. The van der Waals surface area contributed by atoms with Crippen molar-refractivity contribution in [2.75, 3.05) is 7.11 Å². The van der Waals surface area contributed by atoms with Crippen molar-refractivity contribution in [3.05, 3.63) is 100 Å². The topological polar surface area (TPSA) is 74.3 Å². The van der Waals surface area contributed by atoms with Crippen molar-refractivity contribution in [2.45, 2.75) is 24.8 Å². The first-order valence-electron chi connectivity index (χ1n) is 10.8. The summed E-state index contributed by atoms with van der Waals surface area (Å²) in [7, 11) is 1.65. The van der Waals surface area contributed by atoms with E-state index in [0.29, 0.717) is 28.1 Å². The van der Waals surface area contributed by atoms with E-state index in [1.54, 1.807) is 17.6 Å². The van der Waals surface area contributed by atoms with Gasteiger partial charge in [-0.1, -0.05) is 47.7 Å². The molecule has 8 heteroatoms. The van der Waals surface area contributed by atoms with Crippen LogP contribution >= 0.6 is 11.8 Å². The second-order valence-electron chi connectivity index (χ2n) is 7.91. The van der Waals surface area contributed by atoms with Crippen molar-refractivity contribution in [1.29, 1.82) is 0 Å². The molecule has 0 atom stereocenters. The van der Waals surface area contributed by atoms with Gasteiger partial charge in [0.15, 0.2) is 11.0 Å². The number of aryl methyl sites for hydroxylation is 2. The number of aromatic nitrogens is 5. The summed E-state index contributed by atoms with van der Waals surface area (Å²) < 4.78 is 9.20. The molecular weight excluding hydrogens is 446 g/mol. The first kappa shape index (κ1) is 21.9. The third-order valence-corrected chi connectivity index (χ3v) is 6.52. The Balaban J connectivity index is 1.56. The molecule has 2 aromatic carbocycles. The molecule has 0 aliphatic heterocycles. The molecule has 0 aliphatic rings. The molecule has 0 bridgehead atoms. The van der Waals surface area contributed by atoms with Crippen LogP contribution in [-0.2, 0) is 5.75 Å². The van der Waals surface area contributed by atoms with Crippen LogP contribution in [-0.4, -0.2) is 31.3 Å². The van der Waals surface area contributed by atoms with Crippen LogP contribution in [0, 0.1) is 13.8 Å². The Labute approximate surface area is 201 Å². The van der Waals surface area contributed by atoms with Gasteiger partial charge in [-0.3, -0.25) is 13.8 Å². The van der Waals surface area contributed by atoms with Gasteiger partial charge in [0.05, 0.1) is 18.4 Å². The first-order valence-corrected chi connectivity index (χ1v) is 11.8. The molecule has 0 amide bonds. The van der Waals surface area contributed by atoms with Gasteiger partial charge in [-0.2, -0.15) is 0 Å². The maximum Gasteiger partial charge on any atom is 0.258 e. The lowest BCUT2D eigenvalue weighted by atomic mass is 10.1. The maximum atomic E-state index is 12.7. The number of pyridine rings is 1. The number of fused-ring (bicyclic) bond motifs is 1. The monoisotopic (exact) mass is 469 g/mol. The van der Waals surface area contributed by atoms with Gasteiger partial charge in [-0.25, -0.2) is 4.98 Å². The van der Waals surface area contributed by atoms with E-state index >= 15 is 0 Å². The quantitative estimate of drug-likeness (QED) is 0.331. The van der Waals surface area contributed by atoms with E-state index in [9.17, 15) is 4.79 Å². The Morgan fingerprint density at radius 1 is 0.941 bits per heavy atom. The minimum Gasteiger partial charge on any atom is -0.496 e. The Morgan fingerprint density at radius 2 is 1.74 bits per heavy atom. The fourth-order valence-corrected chi connectivity index (χ4v) is 4.71. The zero-order valence-electron chi connectivity index (χ0n) is 19.1. The van der Waals surface area contributed by atoms with Crippen LogP contribution in [0.15, 0.2) is 82.7 Å². The molecule has 0 spiro atoms. The molecular formula is C26H23N5O2S. The van der Waals surface area contributed by atoms with Gasteiger partial charge in [0.1, 0.15) is 11.4 Å². The molecule has 7 nitrogen and oxygen atoms in total. The van der Waals surface area contributed by atoms with E-state index in [0.717, 1.165) is 22.7 Å². The molecule has 0 fully saturated rings. The van der Waals surface area contributed by atoms with E-state index < -0.39 is 0 Å². The summed E-state index contributed by atoms with van der Waals surface area (Å²) in [6, 6.07) is 23.2. The van der Waals surface area contributed by atoms with E-state index in [-0.39, 0.29) is 5.56 Å². The van der Waals surface area contributed by atoms with E-state index in [4.69, 9.17) is 4.74 Å². The number of benzene rings is 2. The summed E-state index contributed by atoms with van der Waals surface area (Å²) >= 11 is 1.49. The van der Waals surface area contributed by atoms with Crippen molar-refractivity contribution in [2.24, 2.45) is 0 Å². The molecule has 0 saturated carbocycles. The normalized spacial score (nSPS) is 11.1. The van der Waals surface area contributed by atoms with Gasteiger partial charge in [0.25, 0.3) is 5.56 Å². The number of rotatable bonds is 6. The van der Waals surface area contributed by atoms with Crippen LogP contribution < -0.4 is 10.3 Å².